The molecule has 0 heterocycles. The second-order valence-electron chi connectivity index (χ2n) is 3.73. The van der Waals surface area contributed by atoms with Gasteiger partial charge in [-0.25, -0.2) is 9.59 Å². The van der Waals surface area contributed by atoms with E-state index in [4.69, 9.17) is 15.6 Å². The normalized spacial score (nSPS) is 11.9. The second-order valence-corrected chi connectivity index (χ2v) is 3.73. The van der Waals surface area contributed by atoms with Gasteiger partial charge in [0.15, 0.2) is 6.10 Å². The number of esters is 1. The third kappa shape index (κ3) is 3.21. The van der Waals surface area contributed by atoms with Crippen LogP contribution >= 0.6 is 0 Å². The Morgan fingerprint density at radius 2 is 2.12 bits per heavy atom. The Bertz CT molecular complexity index is 442. The van der Waals surface area contributed by atoms with Crippen LogP contribution in [-0.4, -0.2) is 23.1 Å². The fraction of sp³-hybridized carbons (Fsp3) is 0.333. The maximum atomic E-state index is 11.7. The van der Waals surface area contributed by atoms with E-state index in [0.717, 1.165) is 5.56 Å². The first kappa shape index (κ1) is 13.0. The highest BCUT2D eigenvalue weighted by molar-refractivity contribution is 5.96. The van der Waals surface area contributed by atoms with E-state index in [1.54, 1.807) is 25.1 Å². The van der Waals surface area contributed by atoms with Gasteiger partial charge in [0.25, 0.3) is 0 Å². The predicted molar refractivity (Wildman–Crippen MR) is 62.7 cm³/mol. The van der Waals surface area contributed by atoms with Crippen LogP contribution in [0.25, 0.3) is 0 Å². The summed E-state index contributed by atoms with van der Waals surface area (Å²) in [7, 11) is 0. The molecule has 0 bridgehead atoms. The molecule has 0 aromatic heterocycles. The van der Waals surface area contributed by atoms with Gasteiger partial charge in [0, 0.05) is 5.69 Å². The number of rotatable bonds is 4. The maximum absolute atomic E-state index is 11.7. The van der Waals surface area contributed by atoms with E-state index in [-0.39, 0.29) is 17.7 Å². The smallest absolute Gasteiger partial charge is 0.345 e. The third-order valence-electron chi connectivity index (χ3n) is 2.32. The van der Waals surface area contributed by atoms with Crippen molar-refractivity contribution in [3.63, 3.8) is 0 Å². The number of nitrogen functional groups attached to an aromatic ring is 1. The first-order valence-corrected chi connectivity index (χ1v) is 5.25. The van der Waals surface area contributed by atoms with Crippen molar-refractivity contribution in [2.24, 2.45) is 0 Å². The lowest BCUT2D eigenvalue weighted by Crippen LogP contribution is -2.26. The Hall–Kier alpha value is -2.04. The summed E-state index contributed by atoms with van der Waals surface area (Å²) in [6.45, 7) is 3.44. The van der Waals surface area contributed by atoms with Crippen molar-refractivity contribution < 1.29 is 19.4 Å². The van der Waals surface area contributed by atoms with E-state index in [0.29, 0.717) is 0 Å². The number of nitrogens with two attached hydrogens (primary N) is 1. The molecule has 1 aromatic carbocycles. The number of ether oxygens (including phenoxy) is 1. The van der Waals surface area contributed by atoms with Crippen molar-refractivity contribution in [3.05, 3.63) is 29.3 Å². The zero-order chi connectivity index (χ0) is 13.0. The van der Waals surface area contributed by atoms with Gasteiger partial charge in [-0.3, -0.25) is 0 Å². The van der Waals surface area contributed by atoms with Crippen LogP contribution in [-0.2, 0) is 9.53 Å². The Labute approximate surface area is 99.2 Å². The van der Waals surface area contributed by atoms with E-state index in [1.807, 2.05) is 6.92 Å². The minimum atomic E-state index is -1.16. The van der Waals surface area contributed by atoms with Gasteiger partial charge in [0.05, 0.1) is 5.56 Å². The van der Waals surface area contributed by atoms with Crippen molar-refractivity contribution >= 4 is 17.6 Å². The van der Waals surface area contributed by atoms with Crippen molar-refractivity contribution in [1.29, 1.82) is 0 Å². The van der Waals surface area contributed by atoms with Gasteiger partial charge in [0.2, 0.25) is 0 Å². The number of carboxylic acids is 1. The van der Waals surface area contributed by atoms with Crippen molar-refractivity contribution in [2.75, 3.05) is 5.73 Å². The lowest BCUT2D eigenvalue weighted by Gasteiger charge is -2.12. The molecule has 0 saturated heterocycles. The van der Waals surface area contributed by atoms with Crippen LogP contribution in [0.4, 0.5) is 5.69 Å². The zero-order valence-corrected chi connectivity index (χ0v) is 9.77. The fourth-order valence-electron chi connectivity index (χ4n) is 1.35. The van der Waals surface area contributed by atoms with E-state index < -0.39 is 18.0 Å². The highest BCUT2D eigenvalue weighted by atomic mass is 16.6. The average Bonchev–Trinajstić information content (AvgIpc) is 2.28. The van der Waals surface area contributed by atoms with Crippen molar-refractivity contribution in [3.8, 4) is 0 Å². The first-order valence-electron chi connectivity index (χ1n) is 5.25. The predicted octanol–water partition coefficient (Wildman–Crippen LogP) is 1.60. The van der Waals surface area contributed by atoms with Gasteiger partial charge in [-0.15, -0.1) is 0 Å². The summed E-state index contributed by atoms with van der Waals surface area (Å²) in [6, 6.07) is 4.93. The molecule has 1 rings (SSSR count). The standard InChI is InChI=1S/C12H15NO4/c1-3-10(11(14)15)17-12(16)8-6-7(2)4-5-9(8)13/h4-6,10H,3,13H2,1-2H3,(H,14,15). The van der Waals surface area contributed by atoms with Gasteiger partial charge in [-0.1, -0.05) is 18.6 Å². The van der Waals surface area contributed by atoms with Crippen molar-refractivity contribution in [1.82, 2.24) is 0 Å². The minimum absolute atomic E-state index is 0.199. The summed E-state index contributed by atoms with van der Waals surface area (Å²) >= 11 is 0. The molecule has 0 fully saturated rings. The molecule has 92 valence electrons. The van der Waals surface area contributed by atoms with Gasteiger partial charge in [-0.2, -0.15) is 0 Å². The van der Waals surface area contributed by atoms with Crippen LogP contribution in [0.15, 0.2) is 18.2 Å². The molecule has 1 unspecified atom stereocenters. The number of aryl methyl sites for hydroxylation is 1. The Morgan fingerprint density at radius 3 is 2.65 bits per heavy atom. The van der Waals surface area contributed by atoms with Crippen LogP contribution in [0.2, 0.25) is 0 Å². The number of benzene rings is 1. The topological polar surface area (TPSA) is 89.6 Å². The van der Waals surface area contributed by atoms with Crippen LogP contribution in [0.5, 0.6) is 0 Å². The number of carbonyl (C=O) groups is 2. The molecule has 0 spiro atoms. The number of hydrogen-bond acceptors (Lipinski definition) is 4. The molecule has 17 heavy (non-hydrogen) atoms. The van der Waals surface area contributed by atoms with E-state index >= 15 is 0 Å². The zero-order valence-electron chi connectivity index (χ0n) is 9.77. The monoisotopic (exact) mass is 237 g/mol. The average molecular weight is 237 g/mol. The molecule has 1 aromatic rings. The summed E-state index contributed by atoms with van der Waals surface area (Å²) in [5.41, 5.74) is 6.97. The lowest BCUT2D eigenvalue weighted by atomic mass is 10.1. The largest absolute Gasteiger partial charge is 0.479 e. The highest BCUT2D eigenvalue weighted by Gasteiger charge is 2.22. The van der Waals surface area contributed by atoms with Crippen LogP contribution in [0.3, 0.4) is 0 Å². The quantitative estimate of drug-likeness (QED) is 0.613. The molecular weight excluding hydrogens is 222 g/mol. The SMILES string of the molecule is CCC(OC(=O)c1cc(C)ccc1N)C(=O)O. The number of anilines is 1. The molecule has 0 aliphatic rings. The number of carboxylic acid groups (broad SMARTS) is 1. The van der Waals surface area contributed by atoms with Crippen LogP contribution in [0, 0.1) is 6.92 Å². The lowest BCUT2D eigenvalue weighted by molar-refractivity contribution is -0.147. The molecule has 5 nitrogen and oxygen atoms in total. The summed E-state index contributed by atoms with van der Waals surface area (Å²) < 4.78 is 4.86. The van der Waals surface area contributed by atoms with Crippen LogP contribution < -0.4 is 5.73 Å². The van der Waals surface area contributed by atoms with Crippen LogP contribution in [0.1, 0.15) is 29.3 Å². The summed E-state index contributed by atoms with van der Waals surface area (Å²) in [4.78, 5) is 22.5. The molecule has 5 heteroatoms. The second kappa shape index (κ2) is 5.34. The van der Waals surface area contributed by atoms with Gasteiger partial charge in [0.1, 0.15) is 0 Å². The number of hydrogen-bond donors (Lipinski definition) is 2. The molecule has 0 radical (unpaired) electrons. The van der Waals surface area contributed by atoms with Crippen molar-refractivity contribution in [2.45, 2.75) is 26.4 Å². The number of carbonyl (C=O) groups excluding carboxylic acids is 1. The molecule has 0 aliphatic carbocycles. The first-order chi connectivity index (χ1) is 7.95. The van der Waals surface area contributed by atoms with E-state index in [2.05, 4.69) is 0 Å². The summed E-state index contributed by atoms with van der Waals surface area (Å²) in [6.07, 6.45) is -0.922. The molecule has 1 atom stereocenters. The third-order valence-corrected chi connectivity index (χ3v) is 2.32. The highest BCUT2D eigenvalue weighted by Crippen LogP contribution is 2.16. The maximum Gasteiger partial charge on any atom is 0.345 e. The van der Waals surface area contributed by atoms with E-state index in [1.165, 1.54) is 0 Å². The molecule has 3 N–H and O–H groups in total. The molecule has 0 saturated carbocycles. The van der Waals surface area contributed by atoms with Gasteiger partial charge < -0.3 is 15.6 Å². The molecule has 0 amide bonds. The minimum Gasteiger partial charge on any atom is -0.479 e. The Morgan fingerprint density at radius 1 is 1.47 bits per heavy atom. The van der Waals surface area contributed by atoms with Gasteiger partial charge >= 0.3 is 11.9 Å². The Kier molecular flexibility index (Phi) is 4.09. The van der Waals surface area contributed by atoms with E-state index in [9.17, 15) is 9.59 Å². The summed E-state index contributed by atoms with van der Waals surface area (Å²) in [5, 5.41) is 8.78. The van der Waals surface area contributed by atoms with Gasteiger partial charge in [-0.05, 0) is 25.5 Å². The fourth-order valence-corrected chi connectivity index (χ4v) is 1.35. The Balaban J connectivity index is 2.89. The molecule has 0 aliphatic heterocycles. The summed E-state index contributed by atoms with van der Waals surface area (Å²) in [5.74, 6) is -1.87. The molecular formula is C12H15NO4. The number of aliphatic carboxylic acids is 1.